The van der Waals surface area contributed by atoms with Crippen LogP contribution in [-0.2, 0) is 0 Å². The quantitative estimate of drug-likeness (QED) is 0.176. The van der Waals surface area contributed by atoms with Crippen molar-refractivity contribution in [2.45, 2.75) is 0 Å². The monoisotopic (exact) mass is 733 g/mol. The van der Waals surface area contributed by atoms with Crippen molar-refractivity contribution in [3.05, 3.63) is 188 Å². The molecule has 56 heavy (non-hydrogen) atoms. The van der Waals surface area contributed by atoms with E-state index >= 15 is 0 Å². The summed E-state index contributed by atoms with van der Waals surface area (Å²) in [6, 6.07) is 67.2. The van der Waals surface area contributed by atoms with Gasteiger partial charge in [0.15, 0.2) is 0 Å². The molecule has 0 N–H and O–H groups in total. The van der Waals surface area contributed by atoms with Crippen molar-refractivity contribution < 1.29 is 8.83 Å². The molecule has 0 aliphatic heterocycles. The van der Waals surface area contributed by atoms with Gasteiger partial charge in [-0.25, -0.2) is 0 Å². The van der Waals surface area contributed by atoms with Gasteiger partial charge in [-0.05, 0) is 76.5 Å². The van der Waals surface area contributed by atoms with Crippen LogP contribution in [-0.4, -0.2) is 0 Å². The molecule has 9 aromatic carbocycles. The average molecular weight is 734 g/mol. The Hall–Kier alpha value is -7.14. The minimum atomic E-state index is 0.904. The zero-order valence-electron chi connectivity index (χ0n) is 30.1. The van der Waals surface area contributed by atoms with Gasteiger partial charge >= 0.3 is 0 Å². The molecular formula is C52H31NO2S. The molecule has 0 radical (unpaired) electrons. The normalized spacial score (nSPS) is 11.9. The summed E-state index contributed by atoms with van der Waals surface area (Å²) in [6.07, 6.45) is 0. The van der Waals surface area contributed by atoms with Crippen LogP contribution < -0.4 is 4.90 Å². The second-order valence-corrected chi connectivity index (χ2v) is 15.5. The van der Waals surface area contributed by atoms with Gasteiger partial charge in [0.2, 0.25) is 0 Å². The Morgan fingerprint density at radius 2 is 0.857 bits per heavy atom. The number of anilines is 3. The summed E-state index contributed by atoms with van der Waals surface area (Å²) < 4.78 is 15.4. The van der Waals surface area contributed by atoms with E-state index in [-0.39, 0.29) is 0 Å². The van der Waals surface area contributed by atoms with Crippen molar-refractivity contribution in [1.29, 1.82) is 0 Å². The molecule has 3 nitrogen and oxygen atoms in total. The molecule has 0 atom stereocenters. The number of fused-ring (bicyclic) bond motifs is 11. The average Bonchev–Trinajstić information content (AvgIpc) is 3.96. The topological polar surface area (TPSA) is 29.5 Å². The fourth-order valence-corrected chi connectivity index (χ4v) is 9.85. The zero-order valence-corrected chi connectivity index (χ0v) is 30.9. The van der Waals surface area contributed by atoms with Crippen LogP contribution in [0.3, 0.4) is 0 Å². The van der Waals surface area contributed by atoms with Gasteiger partial charge in [0.05, 0.1) is 5.69 Å². The van der Waals surface area contributed by atoms with E-state index in [1.165, 1.54) is 30.9 Å². The number of hydrogen-bond acceptors (Lipinski definition) is 4. The van der Waals surface area contributed by atoms with E-state index in [1.807, 2.05) is 35.6 Å². The summed E-state index contributed by atoms with van der Waals surface area (Å²) in [6.45, 7) is 0. The van der Waals surface area contributed by atoms with Gasteiger partial charge in [-0.15, -0.1) is 11.3 Å². The first-order valence-corrected chi connectivity index (χ1v) is 19.7. The molecular weight excluding hydrogens is 703 g/mol. The van der Waals surface area contributed by atoms with Gasteiger partial charge in [0.25, 0.3) is 0 Å². The molecule has 0 unspecified atom stereocenters. The van der Waals surface area contributed by atoms with Gasteiger partial charge in [0.1, 0.15) is 22.3 Å². The van der Waals surface area contributed by atoms with E-state index in [2.05, 4.69) is 169 Å². The van der Waals surface area contributed by atoms with Crippen molar-refractivity contribution in [1.82, 2.24) is 0 Å². The largest absolute Gasteiger partial charge is 0.455 e. The highest BCUT2D eigenvalue weighted by atomic mass is 32.1. The van der Waals surface area contributed by atoms with Crippen molar-refractivity contribution >= 4 is 103 Å². The van der Waals surface area contributed by atoms with Crippen LogP contribution in [0.25, 0.3) is 97.1 Å². The highest BCUT2D eigenvalue weighted by Crippen LogP contribution is 2.48. The molecule has 3 aromatic heterocycles. The van der Waals surface area contributed by atoms with Gasteiger partial charge < -0.3 is 13.7 Å². The van der Waals surface area contributed by atoms with Crippen LogP contribution in [0.5, 0.6) is 0 Å². The molecule has 0 aliphatic rings. The summed E-state index contributed by atoms with van der Waals surface area (Å²) in [5.74, 6) is 0. The number of para-hydroxylation sites is 4. The highest BCUT2D eigenvalue weighted by molar-refractivity contribution is 7.26. The molecule has 12 aromatic rings. The lowest BCUT2D eigenvalue weighted by Gasteiger charge is -2.27. The summed E-state index contributed by atoms with van der Waals surface area (Å²) >= 11 is 1.86. The smallest absolute Gasteiger partial charge is 0.143 e. The lowest BCUT2D eigenvalue weighted by atomic mass is 10.00. The highest BCUT2D eigenvalue weighted by Gasteiger charge is 2.21. The van der Waals surface area contributed by atoms with Crippen LogP contribution in [0, 0.1) is 0 Å². The standard InChI is InChI=1S/C52H31NO2S/c1-2-11-37-32(10-1)26-31-48-49(37)50-44(18-9-21-47(50)56-48)53(35-27-22-33(23-28-35)38-14-7-16-42-40-12-3-5-19-45(40)54-51(38)42)36-29-24-34(25-30-36)39-15-8-17-43-41-13-4-6-20-46(41)55-52(39)43/h1-31H. The van der Waals surface area contributed by atoms with E-state index in [1.54, 1.807) is 0 Å². The van der Waals surface area contributed by atoms with Gasteiger partial charge in [0, 0.05) is 64.2 Å². The molecule has 4 heteroatoms. The minimum Gasteiger partial charge on any atom is -0.455 e. The van der Waals surface area contributed by atoms with Crippen LogP contribution >= 0.6 is 11.3 Å². The Morgan fingerprint density at radius 1 is 0.357 bits per heavy atom. The molecule has 262 valence electrons. The third kappa shape index (κ3) is 4.70. The number of furan rings is 2. The Labute approximate surface area is 325 Å². The summed E-state index contributed by atoms with van der Waals surface area (Å²) in [5.41, 5.74) is 11.3. The molecule has 0 fully saturated rings. The summed E-state index contributed by atoms with van der Waals surface area (Å²) in [4.78, 5) is 2.41. The van der Waals surface area contributed by atoms with Crippen molar-refractivity contribution in [3.8, 4) is 22.3 Å². The van der Waals surface area contributed by atoms with Crippen LogP contribution in [0.2, 0.25) is 0 Å². The molecule has 0 saturated carbocycles. The van der Waals surface area contributed by atoms with E-state index in [9.17, 15) is 0 Å². The third-order valence-corrected chi connectivity index (χ3v) is 12.4. The Balaban J connectivity index is 1.04. The first-order chi connectivity index (χ1) is 27.8. The number of hydrogen-bond donors (Lipinski definition) is 0. The molecule has 0 aliphatic carbocycles. The first-order valence-electron chi connectivity index (χ1n) is 18.9. The van der Waals surface area contributed by atoms with Crippen molar-refractivity contribution in [2.75, 3.05) is 4.90 Å². The maximum absolute atomic E-state index is 6.45. The van der Waals surface area contributed by atoms with Crippen molar-refractivity contribution in [2.24, 2.45) is 0 Å². The second-order valence-electron chi connectivity index (χ2n) is 14.4. The van der Waals surface area contributed by atoms with Gasteiger partial charge in [-0.2, -0.15) is 0 Å². The molecule has 0 bridgehead atoms. The Kier molecular flexibility index (Phi) is 6.80. The number of rotatable bonds is 5. The van der Waals surface area contributed by atoms with Crippen LogP contribution in [0.1, 0.15) is 0 Å². The van der Waals surface area contributed by atoms with E-state index < -0.39 is 0 Å². The van der Waals surface area contributed by atoms with Crippen LogP contribution in [0.15, 0.2) is 197 Å². The minimum absolute atomic E-state index is 0.904. The molecule has 0 saturated heterocycles. The van der Waals surface area contributed by atoms with Crippen LogP contribution in [0.4, 0.5) is 17.1 Å². The zero-order chi connectivity index (χ0) is 36.7. The molecule has 12 rings (SSSR count). The molecule has 3 heterocycles. The van der Waals surface area contributed by atoms with Crippen molar-refractivity contribution in [3.63, 3.8) is 0 Å². The first kappa shape index (κ1) is 31.2. The predicted octanol–water partition coefficient (Wildman–Crippen LogP) is 15.8. The lowest BCUT2D eigenvalue weighted by molar-refractivity contribution is 0.669. The SMILES string of the molecule is c1ccc2c(c1)ccc1sc3cccc(N(c4ccc(-c5cccc6c5oc5ccccc56)cc4)c4ccc(-c5cccc6c5oc5ccccc56)cc4)c3c12. The van der Waals surface area contributed by atoms with Gasteiger partial charge in [-0.3, -0.25) is 0 Å². The third-order valence-electron chi connectivity index (χ3n) is 11.3. The fourth-order valence-electron chi connectivity index (χ4n) is 8.71. The number of benzene rings is 9. The molecule has 0 spiro atoms. The Bertz CT molecular complexity index is 3320. The van der Waals surface area contributed by atoms with E-state index in [0.29, 0.717) is 0 Å². The molecule has 0 amide bonds. The Morgan fingerprint density at radius 3 is 1.46 bits per heavy atom. The fraction of sp³-hybridized carbons (Fsp3) is 0. The van der Waals surface area contributed by atoms with E-state index in [0.717, 1.165) is 83.2 Å². The van der Waals surface area contributed by atoms with E-state index in [4.69, 9.17) is 8.83 Å². The maximum Gasteiger partial charge on any atom is 0.143 e. The number of nitrogens with zero attached hydrogens (tertiary/aromatic N) is 1. The second kappa shape index (κ2) is 12.2. The summed E-state index contributed by atoms with van der Waals surface area (Å²) in [5, 5.41) is 9.60. The summed E-state index contributed by atoms with van der Waals surface area (Å²) in [7, 11) is 0. The predicted molar refractivity (Wildman–Crippen MR) is 237 cm³/mol. The van der Waals surface area contributed by atoms with Gasteiger partial charge in [-0.1, -0.05) is 133 Å². The maximum atomic E-state index is 6.45. The number of thiophene rings is 1. The lowest BCUT2D eigenvalue weighted by Crippen LogP contribution is -2.10.